The molecule has 1 aliphatic heterocycles. The summed E-state index contributed by atoms with van der Waals surface area (Å²) < 4.78 is 0. The highest BCUT2D eigenvalue weighted by Crippen LogP contribution is 2.35. The lowest BCUT2D eigenvalue weighted by Gasteiger charge is -2.33. The van der Waals surface area contributed by atoms with Crippen molar-refractivity contribution in [3.63, 3.8) is 0 Å². The number of hydrogen-bond acceptors (Lipinski definition) is 3. The molecule has 1 aliphatic carbocycles. The van der Waals surface area contributed by atoms with E-state index in [1.54, 1.807) is 0 Å². The van der Waals surface area contributed by atoms with Crippen LogP contribution in [0.4, 0.5) is 0 Å². The Morgan fingerprint density at radius 3 is 2.80 bits per heavy atom. The van der Waals surface area contributed by atoms with Crippen molar-refractivity contribution < 1.29 is 0 Å². The first-order valence-corrected chi connectivity index (χ1v) is 7.31. The molecule has 1 heterocycles. The Morgan fingerprint density at radius 2 is 2.20 bits per heavy atom. The molecule has 0 amide bonds. The minimum atomic E-state index is 0.760. The maximum absolute atomic E-state index is 5.86. The molecule has 1 saturated heterocycles. The fraction of sp³-hybridized carbons (Fsp3) is 1.00. The lowest BCUT2D eigenvalue weighted by Crippen LogP contribution is -2.44. The molecule has 4 atom stereocenters. The summed E-state index contributed by atoms with van der Waals surface area (Å²) >= 11 is 2.13. The van der Waals surface area contributed by atoms with Crippen molar-refractivity contribution >= 4 is 11.8 Å². The Balaban J connectivity index is 1.92. The van der Waals surface area contributed by atoms with Crippen molar-refractivity contribution in [2.24, 2.45) is 11.7 Å². The Hall–Kier alpha value is 0.270. The lowest BCUT2D eigenvalue weighted by molar-refractivity contribution is 0.152. The molecule has 0 bridgehead atoms. The van der Waals surface area contributed by atoms with E-state index in [4.69, 9.17) is 5.73 Å². The van der Waals surface area contributed by atoms with Gasteiger partial charge in [0.2, 0.25) is 0 Å². The van der Waals surface area contributed by atoms with Crippen LogP contribution in [0.1, 0.15) is 32.6 Å². The quantitative estimate of drug-likeness (QED) is 0.800. The predicted molar refractivity (Wildman–Crippen MR) is 68.3 cm³/mol. The normalized spacial score (nSPS) is 41.6. The van der Waals surface area contributed by atoms with Crippen LogP contribution < -0.4 is 5.73 Å². The fourth-order valence-corrected chi connectivity index (χ4v) is 4.46. The van der Waals surface area contributed by atoms with Crippen molar-refractivity contribution in [3.05, 3.63) is 0 Å². The zero-order chi connectivity index (χ0) is 10.8. The van der Waals surface area contributed by atoms with Gasteiger partial charge in [0.15, 0.2) is 0 Å². The highest BCUT2D eigenvalue weighted by atomic mass is 32.2. The fourth-order valence-electron chi connectivity index (χ4n) is 3.18. The maximum atomic E-state index is 5.86. The van der Waals surface area contributed by atoms with Gasteiger partial charge in [-0.1, -0.05) is 13.3 Å². The van der Waals surface area contributed by atoms with E-state index in [1.165, 1.54) is 31.4 Å². The molecule has 0 aromatic rings. The third kappa shape index (κ3) is 2.51. The third-order valence-electron chi connectivity index (χ3n) is 4.20. The van der Waals surface area contributed by atoms with Gasteiger partial charge in [-0.3, -0.25) is 4.90 Å². The second kappa shape index (κ2) is 5.07. The molecule has 88 valence electrons. The molecule has 0 radical (unpaired) electrons. The minimum Gasteiger partial charge on any atom is -0.330 e. The number of thioether (sulfide) groups is 1. The SMILES string of the molecule is CC1CC(N(C)C2CCCC2CN)CS1. The van der Waals surface area contributed by atoms with Crippen molar-refractivity contribution in [1.82, 2.24) is 4.90 Å². The summed E-state index contributed by atoms with van der Waals surface area (Å²) in [6.45, 7) is 3.23. The highest BCUT2D eigenvalue weighted by Gasteiger charge is 2.35. The van der Waals surface area contributed by atoms with Crippen LogP contribution in [-0.4, -0.2) is 41.6 Å². The largest absolute Gasteiger partial charge is 0.330 e. The molecule has 2 fully saturated rings. The van der Waals surface area contributed by atoms with E-state index >= 15 is 0 Å². The topological polar surface area (TPSA) is 29.3 Å². The third-order valence-corrected chi connectivity index (χ3v) is 5.54. The molecular weight excluding hydrogens is 204 g/mol. The Bertz CT molecular complexity index is 210. The summed E-state index contributed by atoms with van der Waals surface area (Å²) in [5, 5.41) is 0.857. The average molecular weight is 228 g/mol. The van der Waals surface area contributed by atoms with Crippen LogP contribution in [0, 0.1) is 5.92 Å². The Morgan fingerprint density at radius 1 is 1.40 bits per heavy atom. The van der Waals surface area contributed by atoms with E-state index in [2.05, 4.69) is 30.6 Å². The van der Waals surface area contributed by atoms with E-state index in [1.807, 2.05) is 0 Å². The van der Waals surface area contributed by atoms with Gasteiger partial charge in [0.05, 0.1) is 0 Å². The molecule has 4 unspecified atom stereocenters. The van der Waals surface area contributed by atoms with Crippen LogP contribution in [0.3, 0.4) is 0 Å². The van der Waals surface area contributed by atoms with Gasteiger partial charge in [-0.15, -0.1) is 0 Å². The van der Waals surface area contributed by atoms with Gasteiger partial charge in [0.25, 0.3) is 0 Å². The van der Waals surface area contributed by atoms with Crippen molar-refractivity contribution in [1.29, 1.82) is 0 Å². The summed E-state index contributed by atoms with van der Waals surface area (Å²) in [6, 6.07) is 1.58. The molecule has 15 heavy (non-hydrogen) atoms. The zero-order valence-corrected chi connectivity index (χ0v) is 10.8. The van der Waals surface area contributed by atoms with Crippen LogP contribution in [0.15, 0.2) is 0 Å². The number of nitrogens with two attached hydrogens (primary N) is 1. The molecule has 2 N–H and O–H groups in total. The van der Waals surface area contributed by atoms with Gasteiger partial charge in [0.1, 0.15) is 0 Å². The molecule has 1 saturated carbocycles. The number of rotatable bonds is 3. The lowest BCUT2D eigenvalue weighted by atomic mass is 10.0. The van der Waals surface area contributed by atoms with Crippen molar-refractivity contribution in [2.45, 2.75) is 49.9 Å². The second-order valence-corrected chi connectivity index (χ2v) is 6.66. The van der Waals surface area contributed by atoms with Crippen molar-refractivity contribution in [2.75, 3.05) is 19.3 Å². The van der Waals surface area contributed by atoms with E-state index in [0.29, 0.717) is 0 Å². The monoisotopic (exact) mass is 228 g/mol. The van der Waals surface area contributed by atoms with Crippen LogP contribution >= 0.6 is 11.8 Å². The molecular formula is C12H24N2S. The first-order chi connectivity index (χ1) is 7.22. The molecule has 0 spiro atoms. The first kappa shape index (κ1) is 11.7. The van der Waals surface area contributed by atoms with Crippen LogP contribution in [0.5, 0.6) is 0 Å². The van der Waals surface area contributed by atoms with Gasteiger partial charge in [0, 0.05) is 23.1 Å². The smallest absolute Gasteiger partial charge is 0.0196 e. The molecule has 0 aromatic carbocycles. The minimum absolute atomic E-state index is 0.760. The van der Waals surface area contributed by atoms with Gasteiger partial charge < -0.3 is 5.73 Å². The number of nitrogens with zero attached hydrogens (tertiary/aromatic N) is 1. The summed E-state index contributed by atoms with van der Waals surface area (Å²) in [6.07, 6.45) is 5.47. The predicted octanol–water partition coefficient (Wildman–Crippen LogP) is 1.94. The van der Waals surface area contributed by atoms with E-state index in [9.17, 15) is 0 Å². The average Bonchev–Trinajstić information content (AvgIpc) is 2.84. The molecule has 2 aliphatic rings. The van der Waals surface area contributed by atoms with Gasteiger partial charge in [-0.05, 0) is 38.8 Å². The first-order valence-electron chi connectivity index (χ1n) is 6.26. The number of hydrogen-bond donors (Lipinski definition) is 1. The molecule has 2 nitrogen and oxygen atoms in total. The summed E-state index contributed by atoms with van der Waals surface area (Å²) in [5.74, 6) is 2.08. The van der Waals surface area contributed by atoms with Gasteiger partial charge >= 0.3 is 0 Å². The van der Waals surface area contributed by atoms with Gasteiger partial charge in [-0.2, -0.15) is 11.8 Å². The molecule has 2 rings (SSSR count). The van der Waals surface area contributed by atoms with Crippen LogP contribution in [0.25, 0.3) is 0 Å². The summed E-state index contributed by atoms with van der Waals surface area (Å²) in [7, 11) is 2.32. The van der Waals surface area contributed by atoms with Crippen LogP contribution in [0.2, 0.25) is 0 Å². The maximum Gasteiger partial charge on any atom is 0.0196 e. The van der Waals surface area contributed by atoms with E-state index in [0.717, 1.165) is 29.8 Å². The summed E-state index contributed by atoms with van der Waals surface area (Å²) in [5.41, 5.74) is 5.86. The highest BCUT2D eigenvalue weighted by molar-refractivity contribution is 8.00. The Kier molecular flexibility index (Phi) is 3.97. The van der Waals surface area contributed by atoms with E-state index < -0.39 is 0 Å². The summed E-state index contributed by atoms with van der Waals surface area (Å²) in [4.78, 5) is 2.64. The molecule has 0 aromatic heterocycles. The van der Waals surface area contributed by atoms with Gasteiger partial charge in [-0.25, -0.2) is 0 Å². The Labute approximate surface area is 98.0 Å². The zero-order valence-electron chi connectivity index (χ0n) is 9.98. The van der Waals surface area contributed by atoms with E-state index in [-0.39, 0.29) is 0 Å². The molecule has 3 heteroatoms. The standard InChI is InChI=1S/C12H24N2S/c1-9-6-11(8-15-9)14(2)12-5-3-4-10(12)7-13/h9-12H,3-8,13H2,1-2H3. The van der Waals surface area contributed by atoms with Crippen LogP contribution in [-0.2, 0) is 0 Å². The second-order valence-electron chi connectivity index (χ2n) is 5.19. The van der Waals surface area contributed by atoms with Crippen molar-refractivity contribution in [3.8, 4) is 0 Å².